The number of carbonyl (C=O) groups excluding carboxylic acids is 1. The van der Waals surface area contributed by atoms with E-state index < -0.39 is 73.9 Å². The highest BCUT2D eigenvalue weighted by molar-refractivity contribution is 6.13. The third-order valence-corrected chi connectivity index (χ3v) is 4.96. The van der Waals surface area contributed by atoms with Crippen molar-refractivity contribution < 1.29 is 50.1 Å². The summed E-state index contributed by atoms with van der Waals surface area (Å²) in [4.78, 5) is 25.8. The van der Waals surface area contributed by atoms with Crippen LogP contribution in [-0.2, 0) is 0 Å². The molecule has 1 aromatic heterocycles. The predicted molar refractivity (Wildman–Crippen MR) is 111 cm³/mol. The Hall–Kier alpha value is -5.06. The van der Waals surface area contributed by atoms with Crippen LogP contribution in [0.3, 0.4) is 0 Å². The van der Waals surface area contributed by atoms with Gasteiger partial charge in [-0.15, -0.1) is 0 Å². The second-order valence-corrected chi connectivity index (χ2v) is 6.95. The number of fused-ring (bicyclic) bond motifs is 1. The van der Waals surface area contributed by atoms with Gasteiger partial charge in [0.25, 0.3) is 0 Å². The second kappa shape index (κ2) is 7.27. The molecular weight excluding hydrogens is 440 g/mol. The van der Waals surface area contributed by atoms with Crippen LogP contribution in [0.5, 0.6) is 46.0 Å². The van der Waals surface area contributed by atoms with Gasteiger partial charge in [0.2, 0.25) is 28.4 Å². The van der Waals surface area contributed by atoms with Crippen molar-refractivity contribution in [3.05, 3.63) is 57.7 Å². The van der Waals surface area contributed by atoms with E-state index >= 15 is 0 Å². The lowest BCUT2D eigenvalue weighted by atomic mass is 9.95. The number of hydrogen-bond donors (Lipinski definition) is 8. The Morgan fingerprint density at radius 3 is 1.91 bits per heavy atom. The molecule has 1 heterocycles. The fraction of sp³-hybridized carbons (Fsp3) is 0. The summed E-state index contributed by atoms with van der Waals surface area (Å²) in [6.07, 6.45) is 0. The van der Waals surface area contributed by atoms with E-state index in [2.05, 4.69) is 0 Å². The normalized spacial score (nSPS) is 11.0. The van der Waals surface area contributed by atoms with Crippen LogP contribution in [0.1, 0.15) is 15.9 Å². The molecule has 168 valence electrons. The molecular formula is C22H14O11. The van der Waals surface area contributed by atoms with Crippen molar-refractivity contribution in [3.8, 4) is 57.3 Å². The third-order valence-electron chi connectivity index (χ3n) is 4.96. The fourth-order valence-electron chi connectivity index (χ4n) is 3.31. The summed E-state index contributed by atoms with van der Waals surface area (Å²) >= 11 is 0. The van der Waals surface area contributed by atoms with Crippen LogP contribution in [0.15, 0.2) is 45.6 Å². The highest BCUT2D eigenvalue weighted by Gasteiger charge is 2.28. The smallest absolute Gasteiger partial charge is 0.239 e. The molecule has 11 nitrogen and oxygen atoms in total. The second-order valence-electron chi connectivity index (χ2n) is 6.95. The topological polar surface area (TPSA) is 209 Å². The fourth-order valence-corrected chi connectivity index (χ4v) is 3.31. The Morgan fingerprint density at radius 1 is 0.697 bits per heavy atom. The molecule has 0 aliphatic heterocycles. The molecule has 0 unspecified atom stereocenters. The summed E-state index contributed by atoms with van der Waals surface area (Å²) in [6, 6.07) is 7.17. The minimum absolute atomic E-state index is 0.169. The lowest BCUT2D eigenvalue weighted by molar-refractivity contribution is 0.103. The van der Waals surface area contributed by atoms with Crippen LogP contribution in [0.25, 0.3) is 22.3 Å². The van der Waals surface area contributed by atoms with E-state index in [0.717, 1.165) is 12.1 Å². The van der Waals surface area contributed by atoms with Crippen LogP contribution >= 0.6 is 0 Å². The molecule has 4 rings (SSSR count). The van der Waals surface area contributed by atoms with Crippen molar-refractivity contribution in [2.75, 3.05) is 0 Å². The number of phenolic OH excluding ortho intramolecular Hbond substituents is 7. The van der Waals surface area contributed by atoms with Gasteiger partial charge in [-0.1, -0.05) is 24.3 Å². The molecule has 33 heavy (non-hydrogen) atoms. The molecule has 4 aromatic rings. The van der Waals surface area contributed by atoms with Crippen molar-refractivity contribution in [2.45, 2.75) is 0 Å². The van der Waals surface area contributed by atoms with Crippen molar-refractivity contribution >= 4 is 16.8 Å². The maximum absolute atomic E-state index is 13.1. The monoisotopic (exact) mass is 454 g/mol. The Bertz CT molecular complexity index is 1510. The maximum Gasteiger partial charge on any atom is 0.239 e. The summed E-state index contributed by atoms with van der Waals surface area (Å²) in [5.41, 5.74) is -2.68. The Balaban J connectivity index is 2.01. The van der Waals surface area contributed by atoms with Crippen LogP contribution in [-0.4, -0.2) is 46.6 Å². The Morgan fingerprint density at radius 2 is 1.27 bits per heavy atom. The Labute approximate surface area is 182 Å². The summed E-state index contributed by atoms with van der Waals surface area (Å²) < 4.78 is 5.38. The summed E-state index contributed by atoms with van der Waals surface area (Å²) in [5, 5.41) is 78.1. The van der Waals surface area contributed by atoms with Gasteiger partial charge in [0, 0.05) is 16.7 Å². The highest BCUT2D eigenvalue weighted by atomic mass is 16.4. The molecule has 11 heteroatoms. The molecule has 0 aliphatic rings. The largest absolute Gasteiger partial charge is 0.504 e. The molecule has 0 radical (unpaired) electrons. The minimum atomic E-state index is -1.28. The SMILES string of the molecule is O=C(c1cc(O)c(O)c(O)c1)c1ccccc1-c1oc2c(O)c(O)c(O)c(O)c2c(=O)c1O. The maximum atomic E-state index is 13.1. The van der Waals surface area contributed by atoms with E-state index in [4.69, 9.17) is 4.42 Å². The average Bonchev–Trinajstić information content (AvgIpc) is 2.80. The first-order valence-electron chi connectivity index (χ1n) is 9.09. The first-order valence-corrected chi connectivity index (χ1v) is 9.09. The van der Waals surface area contributed by atoms with Gasteiger partial charge < -0.3 is 45.3 Å². The molecule has 0 amide bonds. The van der Waals surface area contributed by atoms with E-state index in [1.54, 1.807) is 0 Å². The van der Waals surface area contributed by atoms with Crippen LogP contribution in [0.2, 0.25) is 0 Å². The molecule has 3 aromatic carbocycles. The first kappa shape index (κ1) is 21.2. The molecule has 0 aliphatic carbocycles. The number of hydrogen-bond acceptors (Lipinski definition) is 11. The first-order chi connectivity index (χ1) is 15.5. The molecule has 0 saturated heterocycles. The Kier molecular flexibility index (Phi) is 4.67. The van der Waals surface area contributed by atoms with Crippen LogP contribution < -0.4 is 5.43 Å². The quantitative estimate of drug-likeness (QED) is 0.128. The van der Waals surface area contributed by atoms with Gasteiger partial charge in [-0.2, -0.15) is 0 Å². The van der Waals surface area contributed by atoms with E-state index in [-0.39, 0.29) is 16.7 Å². The van der Waals surface area contributed by atoms with Crippen molar-refractivity contribution in [1.29, 1.82) is 0 Å². The number of carbonyl (C=O) groups is 1. The van der Waals surface area contributed by atoms with E-state index in [9.17, 15) is 50.4 Å². The number of ketones is 1. The van der Waals surface area contributed by atoms with Crippen LogP contribution in [0.4, 0.5) is 0 Å². The summed E-state index contributed by atoms with van der Waals surface area (Å²) in [6.45, 7) is 0. The lowest BCUT2D eigenvalue weighted by Crippen LogP contribution is -2.07. The van der Waals surface area contributed by atoms with E-state index in [1.165, 1.54) is 24.3 Å². The molecule has 0 spiro atoms. The average molecular weight is 454 g/mol. The lowest BCUT2D eigenvalue weighted by Gasteiger charge is -2.13. The van der Waals surface area contributed by atoms with E-state index in [0.29, 0.717) is 0 Å². The minimum Gasteiger partial charge on any atom is -0.504 e. The number of benzene rings is 3. The van der Waals surface area contributed by atoms with Crippen molar-refractivity contribution in [1.82, 2.24) is 0 Å². The van der Waals surface area contributed by atoms with Gasteiger partial charge in [0.1, 0.15) is 5.39 Å². The number of aromatic hydroxyl groups is 8. The van der Waals surface area contributed by atoms with Gasteiger partial charge in [-0.25, -0.2) is 0 Å². The van der Waals surface area contributed by atoms with E-state index in [1.807, 2.05) is 0 Å². The van der Waals surface area contributed by atoms with Crippen LogP contribution in [0, 0.1) is 0 Å². The molecule has 0 fully saturated rings. The van der Waals surface area contributed by atoms with Gasteiger partial charge in [0.05, 0.1) is 0 Å². The van der Waals surface area contributed by atoms with Crippen molar-refractivity contribution in [3.63, 3.8) is 0 Å². The third kappa shape index (κ3) is 3.07. The standard InChI is InChI=1S/C22H14O11/c23-10-5-7(6-11(24)14(10)26)13(25)8-3-1-2-4-9(8)21-19(31)16(28)12-15(27)17(29)18(30)20(32)22(12)33-21/h1-6,23-24,26-27,29-32H. The van der Waals surface area contributed by atoms with Gasteiger partial charge >= 0.3 is 0 Å². The van der Waals surface area contributed by atoms with Gasteiger partial charge in [-0.3, -0.25) is 9.59 Å². The summed E-state index contributed by atoms with van der Waals surface area (Å²) in [7, 11) is 0. The molecule has 0 atom stereocenters. The zero-order valence-electron chi connectivity index (χ0n) is 16.3. The zero-order valence-corrected chi connectivity index (χ0v) is 16.3. The molecule has 0 bridgehead atoms. The number of rotatable bonds is 3. The van der Waals surface area contributed by atoms with Gasteiger partial charge in [-0.05, 0) is 12.1 Å². The zero-order chi connectivity index (χ0) is 24.2. The molecule has 8 N–H and O–H groups in total. The molecule has 0 saturated carbocycles. The van der Waals surface area contributed by atoms with Gasteiger partial charge in [0.15, 0.2) is 40.1 Å². The summed E-state index contributed by atoms with van der Waals surface area (Å²) in [5.74, 6) is -9.54. The highest BCUT2D eigenvalue weighted by Crippen LogP contribution is 2.49. The van der Waals surface area contributed by atoms with Crippen molar-refractivity contribution in [2.24, 2.45) is 0 Å². The number of phenols is 7. The predicted octanol–water partition coefficient (Wildman–Crippen LogP) is 2.34.